The lowest BCUT2D eigenvalue weighted by Crippen LogP contribution is -2.42. The number of piperidine rings is 1. The first kappa shape index (κ1) is 10.4. The first-order valence-corrected chi connectivity index (χ1v) is 5.47. The second-order valence-corrected chi connectivity index (χ2v) is 4.64. The van der Waals surface area contributed by atoms with Crippen molar-refractivity contribution >= 4 is 5.69 Å². The van der Waals surface area contributed by atoms with Crippen LogP contribution >= 0.6 is 0 Å². The molecule has 1 saturated heterocycles. The minimum Gasteiger partial charge on any atom is -0.390 e. The molecule has 0 atom stereocenters. The van der Waals surface area contributed by atoms with E-state index in [-0.39, 0.29) is 0 Å². The van der Waals surface area contributed by atoms with Crippen LogP contribution in [0.4, 0.5) is 5.69 Å². The molecule has 0 radical (unpaired) electrons. The summed E-state index contributed by atoms with van der Waals surface area (Å²) in [6, 6.07) is 4.13. The summed E-state index contributed by atoms with van der Waals surface area (Å²) < 4.78 is 0. The smallest absolute Gasteiger partial charge is 0.0653 e. The number of aryl methyl sites for hydroxylation is 1. The van der Waals surface area contributed by atoms with E-state index in [0.29, 0.717) is 0 Å². The van der Waals surface area contributed by atoms with Crippen LogP contribution in [0.25, 0.3) is 0 Å². The highest BCUT2D eigenvalue weighted by molar-refractivity contribution is 5.45. The third kappa shape index (κ3) is 2.48. The Morgan fingerprint density at radius 1 is 1.33 bits per heavy atom. The Morgan fingerprint density at radius 3 is 2.53 bits per heavy atom. The molecule has 1 aromatic heterocycles. The first-order chi connectivity index (χ1) is 7.07. The van der Waals surface area contributed by atoms with E-state index in [2.05, 4.69) is 16.0 Å². The van der Waals surface area contributed by atoms with E-state index in [4.69, 9.17) is 0 Å². The van der Waals surface area contributed by atoms with Gasteiger partial charge in [-0.2, -0.15) is 0 Å². The van der Waals surface area contributed by atoms with Crippen LogP contribution in [-0.2, 0) is 0 Å². The molecule has 1 aromatic rings. The molecular formula is C12H18N2O. The quantitative estimate of drug-likeness (QED) is 0.760. The molecule has 1 N–H and O–H groups in total. The van der Waals surface area contributed by atoms with Crippen molar-refractivity contribution in [2.75, 3.05) is 18.0 Å². The standard InChI is InChI=1S/C12H18N2O/c1-10-3-4-11(9-13-10)14-7-5-12(2,15)6-8-14/h3-4,9,15H,5-8H2,1-2H3. The first-order valence-electron chi connectivity index (χ1n) is 5.47. The summed E-state index contributed by atoms with van der Waals surface area (Å²) in [6.45, 7) is 5.73. The highest BCUT2D eigenvalue weighted by atomic mass is 16.3. The predicted molar refractivity (Wildman–Crippen MR) is 61.0 cm³/mol. The number of pyridine rings is 1. The lowest BCUT2D eigenvalue weighted by Gasteiger charge is -2.36. The van der Waals surface area contributed by atoms with Gasteiger partial charge in [-0.3, -0.25) is 4.98 Å². The van der Waals surface area contributed by atoms with Crippen LogP contribution in [0, 0.1) is 6.92 Å². The molecule has 15 heavy (non-hydrogen) atoms. The second kappa shape index (κ2) is 3.81. The average molecular weight is 206 g/mol. The Bertz CT molecular complexity index is 322. The Labute approximate surface area is 90.8 Å². The normalized spacial score (nSPS) is 20.3. The number of anilines is 1. The molecule has 0 aliphatic carbocycles. The number of aromatic nitrogens is 1. The zero-order valence-corrected chi connectivity index (χ0v) is 9.40. The van der Waals surface area contributed by atoms with Gasteiger partial charge < -0.3 is 10.0 Å². The van der Waals surface area contributed by atoms with Crippen molar-refractivity contribution in [1.82, 2.24) is 4.98 Å². The van der Waals surface area contributed by atoms with Crippen LogP contribution in [0.1, 0.15) is 25.5 Å². The third-order valence-electron chi connectivity index (χ3n) is 3.10. The van der Waals surface area contributed by atoms with Crippen molar-refractivity contribution in [1.29, 1.82) is 0 Å². The van der Waals surface area contributed by atoms with Crippen molar-refractivity contribution in [3.05, 3.63) is 24.0 Å². The van der Waals surface area contributed by atoms with E-state index in [1.165, 1.54) is 0 Å². The topological polar surface area (TPSA) is 36.4 Å². The molecular weight excluding hydrogens is 188 g/mol. The van der Waals surface area contributed by atoms with E-state index in [9.17, 15) is 5.11 Å². The Morgan fingerprint density at radius 2 is 2.00 bits per heavy atom. The SMILES string of the molecule is Cc1ccc(N2CCC(C)(O)CC2)cn1. The maximum atomic E-state index is 9.84. The van der Waals surface area contributed by atoms with Crippen LogP contribution in [0.15, 0.2) is 18.3 Å². The molecule has 0 aromatic carbocycles. The van der Waals surface area contributed by atoms with Crippen molar-refractivity contribution in [2.45, 2.75) is 32.3 Å². The fraction of sp³-hybridized carbons (Fsp3) is 0.583. The molecule has 3 heteroatoms. The van der Waals surface area contributed by atoms with E-state index < -0.39 is 5.60 Å². The third-order valence-corrected chi connectivity index (χ3v) is 3.10. The van der Waals surface area contributed by atoms with Crippen LogP contribution in [0.2, 0.25) is 0 Å². The number of hydrogen-bond acceptors (Lipinski definition) is 3. The van der Waals surface area contributed by atoms with Gasteiger partial charge in [0, 0.05) is 18.8 Å². The zero-order valence-electron chi connectivity index (χ0n) is 9.40. The van der Waals surface area contributed by atoms with Crippen molar-refractivity contribution in [2.24, 2.45) is 0 Å². The highest BCUT2D eigenvalue weighted by Crippen LogP contribution is 2.25. The number of aliphatic hydroxyl groups is 1. The molecule has 1 aliphatic heterocycles. The summed E-state index contributed by atoms with van der Waals surface area (Å²) in [6.07, 6.45) is 3.58. The maximum Gasteiger partial charge on any atom is 0.0653 e. The maximum absolute atomic E-state index is 9.84. The lowest BCUT2D eigenvalue weighted by atomic mass is 9.94. The molecule has 0 unspecified atom stereocenters. The summed E-state index contributed by atoms with van der Waals surface area (Å²) in [5.41, 5.74) is 1.73. The van der Waals surface area contributed by atoms with Gasteiger partial charge in [-0.1, -0.05) is 0 Å². The minimum atomic E-state index is -0.478. The molecule has 1 fully saturated rings. The fourth-order valence-electron chi connectivity index (χ4n) is 1.89. The van der Waals surface area contributed by atoms with Gasteiger partial charge in [-0.25, -0.2) is 0 Å². The molecule has 0 amide bonds. The Hall–Kier alpha value is -1.09. The van der Waals surface area contributed by atoms with E-state index in [1.807, 2.05) is 26.1 Å². The number of hydrogen-bond donors (Lipinski definition) is 1. The monoisotopic (exact) mass is 206 g/mol. The largest absolute Gasteiger partial charge is 0.390 e. The summed E-state index contributed by atoms with van der Waals surface area (Å²) >= 11 is 0. The summed E-state index contributed by atoms with van der Waals surface area (Å²) in [4.78, 5) is 6.57. The van der Waals surface area contributed by atoms with Gasteiger partial charge in [0.1, 0.15) is 0 Å². The summed E-state index contributed by atoms with van der Waals surface area (Å²) in [7, 11) is 0. The molecule has 2 rings (SSSR count). The number of rotatable bonds is 1. The molecule has 0 saturated carbocycles. The summed E-state index contributed by atoms with van der Waals surface area (Å²) in [5.74, 6) is 0. The van der Waals surface area contributed by atoms with Crippen molar-refractivity contribution < 1.29 is 5.11 Å². The minimum absolute atomic E-state index is 0.478. The van der Waals surface area contributed by atoms with Gasteiger partial charge in [-0.05, 0) is 38.8 Å². The second-order valence-electron chi connectivity index (χ2n) is 4.64. The van der Waals surface area contributed by atoms with Gasteiger partial charge in [0.2, 0.25) is 0 Å². The number of nitrogens with zero attached hydrogens (tertiary/aromatic N) is 2. The van der Waals surface area contributed by atoms with Crippen LogP contribution < -0.4 is 4.90 Å². The van der Waals surface area contributed by atoms with E-state index in [0.717, 1.165) is 37.3 Å². The zero-order chi connectivity index (χ0) is 10.9. The summed E-state index contributed by atoms with van der Waals surface area (Å²) in [5, 5.41) is 9.84. The predicted octanol–water partition coefficient (Wildman–Crippen LogP) is 1.74. The van der Waals surface area contributed by atoms with Gasteiger partial charge in [0.05, 0.1) is 17.5 Å². The molecule has 0 spiro atoms. The van der Waals surface area contributed by atoms with Gasteiger partial charge in [0.25, 0.3) is 0 Å². The molecule has 1 aliphatic rings. The van der Waals surface area contributed by atoms with E-state index in [1.54, 1.807) is 0 Å². The fourth-order valence-corrected chi connectivity index (χ4v) is 1.89. The molecule has 0 bridgehead atoms. The van der Waals surface area contributed by atoms with Crippen molar-refractivity contribution in [3.63, 3.8) is 0 Å². The Kier molecular flexibility index (Phi) is 2.65. The average Bonchev–Trinajstić information content (AvgIpc) is 2.20. The molecule has 3 nitrogen and oxygen atoms in total. The van der Waals surface area contributed by atoms with Crippen molar-refractivity contribution in [3.8, 4) is 0 Å². The van der Waals surface area contributed by atoms with Crippen LogP contribution in [0.5, 0.6) is 0 Å². The highest BCUT2D eigenvalue weighted by Gasteiger charge is 2.27. The van der Waals surface area contributed by atoms with Gasteiger partial charge in [0.15, 0.2) is 0 Å². The van der Waals surface area contributed by atoms with Gasteiger partial charge in [-0.15, -0.1) is 0 Å². The lowest BCUT2D eigenvalue weighted by molar-refractivity contribution is 0.0351. The molecule has 2 heterocycles. The Balaban J connectivity index is 2.04. The molecule has 82 valence electrons. The van der Waals surface area contributed by atoms with Crippen LogP contribution in [0.3, 0.4) is 0 Å². The van der Waals surface area contributed by atoms with Gasteiger partial charge >= 0.3 is 0 Å². The van der Waals surface area contributed by atoms with E-state index >= 15 is 0 Å². The van der Waals surface area contributed by atoms with Crippen LogP contribution in [-0.4, -0.2) is 28.8 Å².